The molecule has 0 radical (unpaired) electrons. The van der Waals surface area contributed by atoms with Crippen molar-refractivity contribution in [2.24, 2.45) is 0 Å². The second kappa shape index (κ2) is 5.35. The van der Waals surface area contributed by atoms with Gasteiger partial charge >= 0.3 is 0 Å². The van der Waals surface area contributed by atoms with E-state index in [1.54, 1.807) is 0 Å². The Labute approximate surface area is 118 Å². The molecule has 2 aromatic rings. The van der Waals surface area contributed by atoms with E-state index in [2.05, 4.69) is 17.3 Å². The minimum absolute atomic E-state index is 0.634. The van der Waals surface area contributed by atoms with E-state index in [0.29, 0.717) is 5.92 Å². The molecule has 4 heteroatoms. The Morgan fingerprint density at radius 3 is 2.84 bits per heavy atom. The van der Waals surface area contributed by atoms with Gasteiger partial charge in [0.05, 0.1) is 11.9 Å². The fourth-order valence-corrected chi connectivity index (χ4v) is 3.01. The van der Waals surface area contributed by atoms with E-state index in [-0.39, 0.29) is 0 Å². The quantitative estimate of drug-likeness (QED) is 0.911. The van der Waals surface area contributed by atoms with Crippen molar-refractivity contribution in [1.29, 1.82) is 0 Å². The van der Waals surface area contributed by atoms with Crippen molar-refractivity contribution in [2.45, 2.75) is 25.7 Å². The molecule has 0 atom stereocenters. The van der Waals surface area contributed by atoms with Gasteiger partial charge in [-0.25, -0.2) is 4.68 Å². The van der Waals surface area contributed by atoms with Crippen LogP contribution in [0.25, 0.3) is 5.69 Å². The van der Waals surface area contributed by atoms with Crippen molar-refractivity contribution in [3.05, 3.63) is 46.7 Å². The molecule has 0 saturated carbocycles. The normalized spacial score (nSPS) is 16.7. The first kappa shape index (κ1) is 12.7. The third kappa shape index (κ3) is 2.53. The van der Waals surface area contributed by atoms with Gasteiger partial charge in [-0.1, -0.05) is 17.7 Å². The third-order valence-corrected chi connectivity index (χ3v) is 4.11. The fraction of sp³-hybridized carbons (Fsp3) is 0.400. The summed E-state index contributed by atoms with van der Waals surface area (Å²) in [6, 6.07) is 7.84. The summed E-state index contributed by atoms with van der Waals surface area (Å²) in [7, 11) is 0. The minimum atomic E-state index is 0.634. The molecule has 100 valence electrons. The molecule has 2 heterocycles. The van der Waals surface area contributed by atoms with Gasteiger partial charge in [-0.2, -0.15) is 5.10 Å². The highest BCUT2D eigenvalue weighted by Crippen LogP contribution is 2.29. The monoisotopic (exact) mass is 275 g/mol. The molecule has 0 aliphatic carbocycles. The van der Waals surface area contributed by atoms with Gasteiger partial charge in [-0.15, -0.1) is 0 Å². The van der Waals surface area contributed by atoms with Crippen molar-refractivity contribution in [2.75, 3.05) is 13.1 Å². The number of benzene rings is 1. The number of nitrogens with one attached hydrogen (secondary N) is 1. The molecule has 0 spiro atoms. The Morgan fingerprint density at radius 2 is 2.11 bits per heavy atom. The lowest BCUT2D eigenvalue weighted by Gasteiger charge is -2.22. The molecule has 0 unspecified atom stereocenters. The van der Waals surface area contributed by atoms with Crippen molar-refractivity contribution < 1.29 is 0 Å². The Bertz CT molecular complexity index is 571. The van der Waals surface area contributed by atoms with Crippen LogP contribution < -0.4 is 5.32 Å². The van der Waals surface area contributed by atoms with Crippen LogP contribution in [0.15, 0.2) is 30.5 Å². The molecular formula is C15H18ClN3. The average Bonchev–Trinajstić information content (AvgIpc) is 2.81. The number of piperidine rings is 1. The van der Waals surface area contributed by atoms with Crippen LogP contribution in [0.4, 0.5) is 0 Å². The zero-order chi connectivity index (χ0) is 13.2. The number of halogens is 1. The maximum absolute atomic E-state index is 6.05. The molecule has 1 saturated heterocycles. The first-order chi connectivity index (χ1) is 9.25. The summed E-state index contributed by atoms with van der Waals surface area (Å²) in [4.78, 5) is 0. The van der Waals surface area contributed by atoms with E-state index >= 15 is 0 Å². The van der Waals surface area contributed by atoms with Gasteiger partial charge in [0.2, 0.25) is 0 Å². The molecule has 0 amide bonds. The van der Waals surface area contributed by atoms with E-state index in [4.69, 9.17) is 11.6 Å². The van der Waals surface area contributed by atoms with Crippen LogP contribution >= 0.6 is 11.6 Å². The lowest BCUT2D eigenvalue weighted by atomic mass is 9.91. The molecule has 1 aromatic carbocycles. The predicted octanol–water partition coefficient (Wildman–Crippen LogP) is 3.30. The largest absolute Gasteiger partial charge is 0.317 e. The maximum Gasteiger partial charge on any atom is 0.0663 e. The first-order valence-electron chi connectivity index (χ1n) is 6.77. The minimum Gasteiger partial charge on any atom is -0.317 e. The summed E-state index contributed by atoms with van der Waals surface area (Å²) in [5.74, 6) is 0.634. The van der Waals surface area contributed by atoms with Gasteiger partial charge in [0.15, 0.2) is 0 Å². The van der Waals surface area contributed by atoms with E-state index < -0.39 is 0 Å². The summed E-state index contributed by atoms with van der Waals surface area (Å²) in [5.41, 5.74) is 3.64. The molecule has 3 nitrogen and oxygen atoms in total. The van der Waals surface area contributed by atoms with Crippen LogP contribution in [0.2, 0.25) is 5.02 Å². The molecular weight excluding hydrogens is 258 g/mol. The molecule has 1 aromatic heterocycles. The molecule has 1 N–H and O–H groups in total. The van der Waals surface area contributed by atoms with Crippen LogP contribution in [-0.4, -0.2) is 22.9 Å². The molecule has 1 aliphatic rings. The van der Waals surface area contributed by atoms with Crippen molar-refractivity contribution in [3.8, 4) is 5.69 Å². The molecule has 19 heavy (non-hydrogen) atoms. The Kier molecular flexibility index (Phi) is 3.58. The van der Waals surface area contributed by atoms with Gasteiger partial charge in [-0.3, -0.25) is 0 Å². The summed E-state index contributed by atoms with van der Waals surface area (Å²) in [5, 5.41) is 8.69. The SMILES string of the molecule is Cc1c(C2CCNCC2)cnn1-c1cccc(Cl)c1. The number of nitrogens with zero attached hydrogens (tertiary/aromatic N) is 2. The molecule has 0 bridgehead atoms. The Hall–Kier alpha value is -1.32. The highest BCUT2D eigenvalue weighted by Gasteiger charge is 2.20. The van der Waals surface area contributed by atoms with E-state index in [0.717, 1.165) is 23.8 Å². The molecule has 1 fully saturated rings. The first-order valence-corrected chi connectivity index (χ1v) is 7.14. The Balaban J connectivity index is 1.94. The number of hydrogen-bond donors (Lipinski definition) is 1. The van der Waals surface area contributed by atoms with E-state index in [9.17, 15) is 0 Å². The zero-order valence-corrected chi connectivity index (χ0v) is 11.8. The van der Waals surface area contributed by atoms with Gasteiger partial charge in [0.1, 0.15) is 0 Å². The number of aromatic nitrogens is 2. The highest BCUT2D eigenvalue weighted by atomic mass is 35.5. The van der Waals surface area contributed by atoms with Crippen LogP contribution in [-0.2, 0) is 0 Å². The number of hydrogen-bond acceptors (Lipinski definition) is 2. The van der Waals surface area contributed by atoms with Gasteiger partial charge in [0, 0.05) is 10.7 Å². The fourth-order valence-electron chi connectivity index (χ4n) is 2.82. The third-order valence-electron chi connectivity index (χ3n) is 3.88. The second-order valence-corrected chi connectivity index (χ2v) is 5.54. The predicted molar refractivity (Wildman–Crippen MR) is 78.2 cm³/mol. The maximum atomic E-state index is 6.05. The summed E-state index contributed by atoms with van der Waals surface area (Å²) in [6.45, 7) is 4.35. The van der Waals surface area contributed by atoms with Crippen LogP contribution in [0.1, 0.15) is 30.0 Å². The Morgan fingerprint density at radius 1 is 1.32 bits per heavy atom. The lowest BCUT2D eigenvalue weighted by molar-refractivity contribution is 0.459. The lowest BCUT2D eigenvalue weighted by Crippen LogP contribution is -2.26. The zero-order valence-electron chi connectivity index (χ0n) is 11.1. The van der Waals surface area contributed by atoms with E-state index in [1.165, 1.54) is 24.1 Å². The van der Waals surface area contributed by atoms with Gasteiger partial charge in [-0.05, 0) is 62.5 Å². The second-order valence-electron chi connectivity index (χ2n) is 5.10. The summed E-state index contributed by atoms with van der Waals surface area (Å²) >= 11 is 6.05. The topological polar surface area (TPSA) is 29.9 Å². The number of rotatable bonds is 2. The highest BCUT2D eigenvalue weighted by molar-refractivity contribution is 6.30. The van der Waals surface area contributed by atoms with Crippen LogP contribution in [0.3, 0.4) is 0 Å². The van der Waals surface area contributed by atoms with Gasteiger partial charge in [0.25, 0.3) is 0 Å². The van der Waals surface area contributed by atoms with Gasteiger partial charge < -0.3 is 5.32 Å². The standard InChI is InChI=1S/C15H18ClN3/c1-11-15(12-5-7-17-8-6-12)10-18-19(11)14-4-2-3-13(16)9-14/h2-4,9-10,12,17H,5-8H2,1H3. The van der Waals surface area contributed by atoms with Crippen molar-refractivity contribution >= 4 is 11.6 Å². The molecule has 1 aliphatic heterocycles. The van der Waals surface area contributed by atoms with Crippen molar-refractivity contribution in [1.82, 2.24) is 15.1 Å². The smallest absolute Gasteiger partial charge is 0.0663 e. The van der Waals surface area contributed by atoms with Crippen molar-refractivity contribution in [3.63, 3.8) is 0 Å². The summed E-state index contributed by atoms with van der Waals surface area (Å²) in [6.07, 6.45) is 4.41. The van der Waals surface area contributed by atoms with Crippen LogP contribution in [0, 0.1) is 6.92 Å². The van der Waals surface area contributed by atoms with Crippen LogP contribution in [0.5, 0.6) is 0 Å². The average molecular weight is 276 g/mol. The molecule has 3 rings (SSSR count). The summed E-state index contributed by atoms with van der Waals surface area (Å²) < 4.78 is 1.99. The van der Waals surface area contributed by atoms with E-state index in [1.807, 2.05) is 35.1 Å².